The van der Waals surface area contributed by atoms with Gasteiger partial charge in [0, 0.05) is 17.1 Å². The molecule has 0 aliphatic heterocycles. The van der Waals surface area contributed by atoms with Gasteiger partial charge in [-0.25, -0.2) is 0 Å². The van der Waals surface area contributed by atoms with Crippen LogP contribution in [0.25, 0.3) is 0 Å². The lowest BCUT2D eigenvalue weighted by atomic mass is 10.2. The van der Waals surface area contributed by atoms with Gasteiger partial charge in [0.2, 0.25) is 0 Å². The molecule has 0 bridgehead atoms. The van der Waals surface area contributed by atoms with Gasteiger partial charge < -0.3 is 10.1 Å². The topological polar surface area (TPSA) is 21.3 Å². The first kappa shape index (κ1) is 14.4. The number of rotatable bonds is 5. The van der Waals surface area contributed by atoms with E-state index in [4.69, 9.17) is 16.3 Å². The van der Waals surface area contributed by atoms with Gasteiger partial charge in [-0.2, -0.15) is 0 Å². The molecule has 0 saturated heterocycles. The second-order valence-electron chi connectivity index (χ2n) is 4.17. The molecule has 0 fully saturated rings. The molecule has 100 valence electrons. The van der Waals surface area contributed by atoms with Crippen LogP contribution in [0.15, 0.2) is 46.9 Å². The summed E-state index contributed by atoms with van der Waals surface area (Å²) in [6.07, 6.45) is 0. The second-order valence-corrected chi connectivity index (χ2v) is 5.46. The summed E-state index contributed by atoms with van der Waals surface area (Å²) >= 11 is 9.39. The number of halogens is 2. The van der Waals surface area contributed by atoms with Crippen LogP contribution in [0.1, 0.15) is 11.1 Å². The maximum Gasteiger partial charge on any atom is 0.138 e. The van der Waals surface area contributed by atoms with E-state index in [-0.39, 0.29) is 0 Å². The number of ether oxygens (including phenoxy) is 1. The van der Waals surface area contributed by atoms with Gasteiger partial charge in [-0.15, -0.1) is 0 Å². The predicted molar refractivity (Wildman–Crippen MR) is 82.7 cm³/mol. The molecule has 2 aromatic rings. The highest BCUT2D eigenvalue weighted by atomic mass is 79.9. The Morgan fingerprint density at radius 1 is 1.16 bits per heavy atom. The van der Waals surface area contributed by atoms with E-state index >= 15 is 0 Å². The fourth-order valence-electron chi connectivity index (χ4n) is 1.78. The minimum Gasteiger partial charge on any atom is -0.487 e. The molecule has 0 spiro atoms. The Hall–Kier alpha value is -1.03. The van der Waals surface area contributed by atoms with Crippen molar-refractivity contribution < 1.29 is 4.74 Å². The number of para-hydroxylation sites is 1. The smallest absolute Gasteiger partial charge is 0.138 e. The first-order valence-corrected chi connectivity index (χ1v) is 7.17. The number of nitrogens with one attached hydrogen (secondary N) is 1. The molecule has 0 radical (unpaired) electrons. The minimum atomic E-state index is 0.524. The third kappa shape index (κ3) is 3.96. The number of hydrogen-bond acceptors (Lipinski definition) is 2. The van der Waals surface area contributed by atoms with Crippen LogP contribution in [0.5, 0.6) is 5.75 Å². The van der Waals surface area contributed by atoms with E-state index in [1.54, 1.807) is 0 Å². The maximum atomic E-state index is 5.92. The summed E-state index contributed by atoms with van der Waals surface area (Å²) < 4.78 is 6.88. The Morgan fingerprint density at radius 3 is 2.58 bits per heavy atom. The average Bonchev–Trinajstić information content (AvgIpc) is 2.40. The Bertz CT molecular complexity index is 542. The fourth-order valence-corrected chi connectivity index (χ4v) is 2.43. The summed E-state index contributed by atoms with van der Waals surface area (Å²) in [4.78, 5) is 0. The van der Waals surface area contributed by atoms with Gasteiger partial charge >= 0.3 is 0 Å². The molecular weight excluding hydrogens is 326 g/mol. The second kappa shape index (κ2) is 6.94. The highest BCUT2D eigenvalue weighted by Gasteiger charge is 2.07. The molecule has 4 heteroatoms. The summed E-state index contributed by atoms with van der Waals surface area (Å²) in [6, 6.07) is 13.7. The highest BCUT2D eigenvalue weighted by molar-refractivity contribution is 9.10. The van der Waals surface area contributed by atoms with Gasteiger partial charge in [0.05, 0.1) is 4.47 Å². The normalized spacial score (nSPS) is 10.5. The van der Waals surface area contributed by atoms with Crippen molar-refractivity contribution >= 4 is 27.5 Å². The lowest BCUT2D eigenvalue weighted by molar-refractivity contribution is 0.300. The maximum absolute atomic E-state index is 5.92. The van der Waals surface area contributed by atoms with Crippen molar-refractivity contribution in [1.29, 1.82) is 0 Å². The molecule has 2 aromatic carbocycles. The minimum absolute atomic E-state index is 0.524. The zero-order valence-electron chi connectivity index (χ0n) is 10.6. The zero-order valence-corrected chi connectivity index (χ0v) is 13.0. The van der Waals surface area contributed by atoms with E-state index in [2.05, 4.69) is 27.3 Å². The molecule has 0 atom stereocenters. The molecule has 0 unspecified atom stereocenters. The fraction of sp³-hybridized carbons (Fsp3) is 0.200. The van der Waals surface area contributed by atoms with E-state index < -0.39 is 0 Å². The standard InChI is InChI=1S/C15H15BrClNO/c1-18-9-12-3-2-4-14(16)15(12)19-10-11-5-7-13(17)8-6-11/h2-8,18H,9-10H2,1H3. The Balaban J connectivity index is 2.12. The molecule has 0 aromatic heterocycles. The van der Waals surface area contributed by atoms with E-state index in [1.165, 1.54) is 0 Å². The molecule has 0 heterocycles. The summed E-state index contributed by atoms with van der Waals surface area (Å²) in [5, 5.41) is 3.88. The quantitative estimate of drug-likeness (QED) is 0.871. The first-order chi connectivity index (χ1) is 9.20. The van der Waals surface area contributed by atoms with E-state index in [9.17, 15) is 0 Å². The van der Waals surface area contributed by atoms with Crippen molar-refractivity contribution in [3.63, 3.8) is 0 Å². The van der Waals surface area contributed by atoms with Gasteiger partial charge in [0.15, 0.2) is 0 Å². The summed E-state index contributed by atoms with van der Waals surface area (Å²) in [7, 11) is 1.92. The summed E-state index contributed by atoms with van der Waals surface area (Å²) in [6.45, 7) is 1.30. The SMILES string of the molecule is CNCc1cccc(Br)c1OCc1ccc(Cl)cc1. The van der Waals surface area contributed by atoms with Gasteiger partial charge in [-0.05, 0) is 46.7 Å². The van der Waals surface area contributed by atoms with Crippen molar-refractivity contribution in [3.05, 3.63) is 63.1 Å². The molecular formula is C15H15BrClNO. The lowest BCUT2D eigenvalue weighted by Gasteiger charge is -2.13. The van der Waals surface area contributed by atoms with E-state index in [0.29, 0.717) is 6.61 Å². The van der Waals surface area contributed by atoms with E-state index in [1.807, 2.05) is 43.4 Å². The van der Waals surface area contributed by atoms with Crippen LogP contribution >= 0.6 is 27.5 Å². The monoisotopic (exact) mass is 339 g/mol. The lowest BCUT2D eigenvalue weighted by Crippen LogP contribution is -2.08. The van der Waals surface area contributed by atoms with Crippen molar-refractivity contribution in [2.45, 2.75) is 13.2 Å². The molecule has 0 aliphatic carbocycles. The Labute approximate surface area is 126 Å². The Morgan fingerprint density at radius 2 is 1.89 bits per heavy atom. The van der Waals surface area contributed by atoms with Crippen LogP contribution in [-0.4, -0.2) is 7.05 Å². The van der Waals surface area contributed by atoms with Crippen molar-refractivity contribution in [2.24, 2.45) is 0 Å². The van der Waals surface area contributed by atoms with Gasteiger partial charge in [-0.3, -0.25) is 0 Å². The van der Waals surface area contributed by atoms with Gasteiger partial charge in [0.25, 0.3) is 0 Å². The van der Waals surface area contributed by atoms with Crippen molar-refractivity contribution in [3.8, 4) is 5.75 Å². The van der Waals surface area contributed by atoms with E-state index in [0.717, 1.165) is 32.9 Å². The van der Waals surface area contributed by atoms with Crippen LogP contribution in [0, 0.1) is 0 Å². The average molecular weight is 341 g/mol. The first-order valence-electron chi connectivity index (χ1n) is 6.00. The number of benzene rings is 2. The molecule has 1 N–H and O–H groups in total. The van der Waals surface area contributed by atoms with Crippen LogP contribution in [0.3, 0.4) is 0 Å². The van der Waals surface area contributed by atoms with Crippen LogP contribution in [-0.2, 0) is 13.2 Å². The third-order valence-electron chi connectivity index (χ3n) is 2.71. The molecule has 0 aliphatic rings. The summed E-state index contributed by atoms with van der Waals surface area (Å²) in [5.41, 5.74) is 2.22. The molecule has 0 amide bonds. The number of hydrogen-bond donors (Lipinski definition) is 1. The van der Waals surface area contributed by atoms with Crippen LogP contribution in [0.2, 0.25) is 5.02 Å². The predicted octanol–water partition coefficient (Wildman–Crippen LogP) is 4.40. The molecule has 19 heavy (non-hydrogen) atoms. The van der Waals surface area contributed by atoms with Crippen molar-refractivity contribution in [2.75, 3.05) is 7.05 Å². The summed E-state index contributed by atoms with van der Waals surface area (Å²) in [5.74, 6) is 0.881. The van der Waals surface area contributed by atoms with Crippen LogP contribution in [0.4, 0.5) is 0 Å². The van der Waals surface area contributed by atoms with Crippen molar-refractivity contribution in [1.82, 2.24) is 5.32 Å². The largest absolute Gasteiger partial charge is 0.487 e. The third-order valence-corrected chi connectivity index (χ3v) is 3.59. The molecule has 2 nitrogen and oxygen atoms in total. The highest BCUT2D eigenvalue weighted by Crippen LogP contribution is 2.29. The Kier molecular flexibility index (Phi) is 5.25. The van der Waals surface area contributed by atoms with Gasteiger partial charge in [-0.1, -0.05) is 35.9 Å². The molecule has 2 rings (SSSR count). The van der Waals surface area contributed by atoms with Gasteiger partial charge in [0.1, 0.15) is 12.4 Å². The molecule has 0 saturated carbocycles. The van der Waals surface area contributed by atoms with Crippen LogP contribution < -0.4 is 10.1 Å². The zero-order chi connectivity index (χ0) is 13.7.